The van der Waals surface area contributed by atoms with Crippen LogP contribution >= 0.6 is 11.3 Å². The molecule has 1 N–H and O–H groups in total. The lowest BCUT2D eigenvalue weighted by Crippen LogP contribution is -2.49. The number of nitrogens with one attached hydrogen (secondary N) is 1. The number of likely N-dealkylation sites (N-methyl/N-ethyl adjacent to an activating group) is 1. The highest BCUT2D eigenvalue weighted by atomic mass is 32.1. The monoisotopic (exact) mass is 385 g/mol. The van der Waals surface area contributed by atoms with Gasteiger partial charge in [0.25, 0.3) is 5.91 Å². The van der Waals surface area contributed by atoms with Crippen molar-refractivity contribution in [2.75, 3.05) is 7.05 Å². The minimum Gasteiger partial charge on any atom is -0.344 e. The largest absolute Gasteiger partial charge is 0.344 e. The Morgan fingerprint density at radius 3 is 2.52 bits per heavy atom. The van der Waals surface area contributed by atoms with E-state index in [-0.39, 0.29) is 17.7 Å². The van der Waals surface area contributed by atoms with Crippen molar-refractivity contribution in [3.63, 3.8) is 0 Å². The van der Waals surface area contributed by atoms with Crippen molar-refractivity contribution < 1.29 is 9.59 Å². The molecule has 0 aliphatic heterocycles. The van der Waals surface area contributed by atoms with E-state index in [9.17, 15) is 9.59 Å². The van der Waals surface area contributed by atoms with Crippen LogP contribution in [0.1, 0.15) is 45.1 Å². The van der Waals surface area contributed by atoms with E-state index >= 15 is 0 Å². The molecular weight excluding hydrogens is 358 g/mol. The van der Waals surface area contributed by atoms with Gasteiger partial charge in [-0.2, -0.15) is 5.26 Å². The molecule has 27 heavy (non-hydrogen) atoms. The lowest BCUT2D eigenvalue weighted by atomic mass is 9.96. The zero-order valence-electron chi connectivity index (χ0n) is 16.2. The second-order valence-corrected chi connectivity index (χ2v) is 7.71. The van der Waals surface area contributed by atoms with Crippen LogP contribution in [0.15, 0.2) is 29.6 Å². The number of nitrogens with zero attached hydrogens (tertiary/aromatic N) is 2. The number of hydrogen-bond acceptors (Lipinski definition) is 4. The number of amides is 2. The van der Waals surface area contributed by atoms with Crippen molar-refractivity contribution in [3.05, 3.63) is 35.2 Å². The van der Waals surface area contributed by atoms with Gasteiger partial charge >= 0.3 is 0 Å². The lowest BCUT2D eigenvalue weighted by molar-refractivity contribution is -0.134. The standard InChI is InChI=1S/C21H27N3O2S/c1-4-8-15(9-5-2)20(25)23-18(21(26)24(3)14-22)12-16-13-27-19-11-7-6-10-17(16)19/h6-7,10-11,13,15,18H,4-5,8-9,12H2,1-3H3,(H,23,25). The highest BCUT2D eigenvalue weighted by molar-refractivity contribution is 7.17. The van der Waals surface area contributed by atoms with Gasteiger partial charge in [0, 0.05) is 24.1 Å². The van der Waals surface area contributed by atoms with Crippen LogP contribution < -0.4 is 5.32 Å². The van der Waals surface area contributed by atoms with E-state index in [2.05, 4.69) is 19.2 Å². The highest BCUT2D eigenvalue weighted by Crippen LogP contribution is 2.27. The van der Waals surface area contributed by atoms with Crippen LogP contribution in [0, 0.1) is 17.4 Å². The minimum atomic E-state index is -0.739. The molecule has 0 aliphatic rings. The first-order valence-corrected chi connectivity index (χ1v) is 10.3. The number of thiophene rings is 1. The van der Waals surface area contributed by atoms with Gasteiger partial charge in [-0.25, -0.2) is 0 Å². The molecule has 0 saturated heterocycles. The molecule has 1 atom stereocenters. The number of benzene rings is 1. The maximum absolute atomic E-state index is 12.8. The first-order valence-electron chi connectivity index (χ1n) is 9.44. The van der Waals surface area contributed by atoms with Gasteiger partial charge in [-0.1, -0.05) is 44.9 Å². The van der Waals surface area contributed by atoms with E-state index in [0.29, 0.717) is 6.42 Å². The van der Waals surface area contributed by atoms with Gasteiger partial charge in [-0.3, -0.25) is 14.5 Å². The molecule has 5 nitrogen and oxygen atoms in total. The Hall–Kier alpha value is -2.39. The fourth-order valence-electron chi connectivity index (χ4n) is 3.29. The third-order valence-electron chi connectivity index (χ3n) is 4.73. The molecule has 144 valence electrons. The predicted octanol–water partition coefficient (Wildman–Crippen LogP) is 4.08. The normalized spacial score (nSPS) is 12.0. The fourth-order valence-corrected chi connectivity index (χ4v) is 4.26. The fraction of sp³-hybridized carbons (Fsp3) is 0.476. The molecule has 2 rings (SSSR count). The van der Waals surface area contributed by atoms with Gasteiger partial charge in [-0.15, -0.1) is 11.3 Å². The Morgan fingerprint density at radius 1 is 1.22 bits per heavy atom. The SMILES string of the molecule is CCCC(CCC)C(=O)NC(Cc1csc2ccccc12)C(=O)N(C)C#N. The molecule has 2 aromatic rings. The molecule has 2 amide bonds. The number of fused-ring (bicyclic) bond motifs is 1. The van der Waals surface area contributed by atoms with Crippen LogP contribution in [0.5, 0.6) is 0 Å². The van der Waals surface area contributed by atoms with Gasteiger partial charge in [0.15, 0.2) is 6.19 Å². The Labute approximate surface area is 165 Å². The summed E-state index contributed by atoms with van der Waals surface area (Å²) in [7, 11) is 1.43. The molecule has 0 aliphatic carbocycles. The van der Waals surface area contributed by atoms with Gasteiger partial charge < -0.3 is 5.32 Å². The lowest BCUT2D eigenvalue weighted by Gasteiger charge is -2.23. The average Bonchev–Trinajstić information content (AvgIpc) is 3.09. The molecule has 1 aromatic carbocycles. The molecule has 1 unspecified atom stereocenters. The van der Waals surface area contributed by atoms with Crippen molar-refractivity contribution >= 4 is 33.2 Å². The quantitative estimate of drug-likeness (QED) is 0.522. The summed E-state index contributed by atoms with van der Waals surface area (Å²) < 4.78 is 1.15. The van der Waals surface area contributed by atoms with Crippen molar-refractivity contribution in [1.82, 2.24) is 10.2 Å². The van der Waals surface area contributed by atoms with Crippen molar-refractivity contribution in [2.24, 2.45) is 5.92 Å². The number of carbonyl (C=O) groups is 2. The first-order chi connectivity index (χ1) is 13.0. The van der Waals surface area contributed by atoms with E-state index < -0.39 is 6.04 Å². The highest BCUT2D eigenvalue weighted by Gasteiger charge is 2.28. The van der Waals surface area contributed by atoms with E-state index in [0.717, 1.165) is 46.2 Å². The summed E-state index contributed by atoms with van der Waals surface area (Å²) in [6.45, 7) is 4.11. The molecule has 0 spiro atoms. The smallest absolute Gasteiger partial charge is 0.258 e. The molecule has 0 bridgehead atoms. The number of hydrogen-bond donors (Lipinski definition) is 1. The second-order valence-electron chi connectivity index (χ2n) is 6.79. The van der Waals surface area contributed by atoms with E-state index in [4.69, 9.17) is 5.26 Å². The summed E-state index contributed by atoms with van der Waals surface area (Å²) in [5, 5.41) is 15.2. The van der Waals surface area contributed by atoms with Crippen LogP contribution in [0.4, 0.5) is 0 Å². The van der Waals surface area contributed by atoms with Gasteiger partial charge in [-0.05, 0) is 35.2 Å². The third kappa shape index (κ3) is 5.30. The van der Waals surface area contributed by atoms with Crippen molar-refractivity contribution in [1.29, 1.82) is 5.26 Å². The summed E-state index contributed by atoms with van der Waals surface area (Å²) >= 11 is 1.62. The summed E-state index contributed by atoms with van der Waals surface area (Å²) in [4.78, 5) is 26.5. The topological polar surface area (TPSA) is 73.2 Å². The maximum Gasteiger partial charge on any atom is 0.258 e. The second kappa shape index (κ2) is 10.1. The molecule has 6 heteroatoms. The summed E-state index contributed by atoms with van der Waals surface area (Å²) in [6, 6.07) is 7.27. The van der Waals surface area contributed by atoms with E-state index in [1.165, 1.54) is 7.05 Å². The maximum atomic E-state index is 12.8. The zero-order valence-corrected chi connectivity index (χ0v) is 17.0. The van der Waals surface area contributed by atoms with Crippen LogP contribution in [0.3, 0.4) is 0 Å². The number of rotatable bonds is 9. The predicted molar refractivity (Wildman–Crippen MR) is 109 cm³/mol. The van der Waals surface area contributed by atoms with Gasteiger partial charge in [0.05, 0.1) is 0 Å². The van der Waals surface area contributed by atoms with E-state index in [1.54, 1.807) is 11.3 Å². The molecule has 0 saturated carbocycles. The van der Waals surface area contributed by atoms with Crippen LogP contribution in [-0.2, 0) is 16.0 Å². The van der Waals surface area contributed by atoms with Gasteiger partial charge in [0.1, 0.15) is 6.04 Å². The van der Waals surface area contributed by atoms with Crippen LogP contribution in [-0.4, -0.2) is 29.8 Å². The molecular formula is C21H27N3O2S. The summed E-state index contributed by atoms with van der Waals surface area (Å²) in [6.07, 6.45) is 5.67. The Balaban J connectivity index is 2.24. The van der Waals surface area contributed by atoms with Crippen molar-refractivity contribution in [2.45, 2.75) is 52.0 Å². The Bertz CT molecular complexity index is 818. The number of nitriles is 1. The molecule has 0 fully saturated rings. The molecule has 0 radical (unpaired) electrons. The van der Waals surface area contributed by atoms with Gasteiger partial charge in [0.2, 0.25) is 5.91 Å². The Morgan fingerprint density at radius 2 is 1.89 bits per heavy atom. The van der Waals surface area contributed by atoms with Crippen LogP contribution in [0.25, 0.3) is 10.1 Å². The molecule has 1 heterocycles. The van der Waals surface area contributed by atoms with Crippen LogP contribution in [0.2, 0.25) is 0 Å². The average molecular weight is 386 g/mol. The van der Waals surface area contributed by atoms with E-state index in [1.807, 2.05) is 35.8 Å². The summed E-state index contributed by atoms with van der Waals surface area (Å²) in [5.41, 5.74) is 1.02. The zero-order chi connectivity index (χ0) is 19.8. The first kappa shape index (κ1) is 20.9. The summed E-state index contributed by atoms with van der Waals surface area (Å²) in [5.74, 6) is -0.572. The van der Waals surface area contributed by atoms with Crippen molar-refractivity contribution in [3.8, 4) is 6.19 Å². The Kier molecular flexibility index (Phi) is 7.81. The minimum absolute atomic E-state index is 0.0945. The third-order valence-corrected chi connectivity index (χ3v) is 5.74. The number of carbonyl (C=O) groups excluding carboxylic acids is 2. The molecule has 1 aromatic heterocycles.